The molecule has 0 bridgehead atoms. The summed E-state index contributed by atoms with van der Waals surface area (Å²) in [5.41, 5.74) is 5.71. The third kappa shape index (κ3) is 6.48. The number of guanidine groups is 1. The molecule has 3 N–H and O–H groups in total. The van der Waals surface area contributed by atoms with E-state index in [1.54, 1.807) is 0 Å². The number of nitrogens with two attached hydrogens (primary N) is 1. The van der Waals surface area contributed by atoms with E-state index in [-0.39, 0.29) is 30.5 Å². The van der Waals surface area contributed by atoms with Gasteiger partial charge in [-0.25, -0.2) is 13.1 Å². The molecule has 0 atom stereocenters. The smallest absolute Gasteiger partial charge is 0.208 e. The molecule has 0 spiro atoms. The molecular formula is C8H19IN4O2S. The average Bonchev–Trinajstić information content (AvgIpc) is 2.92. The highest BCUT2D eigenvalue weighted by Gasteiger charge is 2.27. The van der Waals surface area contributed by atoms with Crippen molar-refractivity contribution >= 4 is 40.0 Å². The number of aliphatic imine (C=N–C) groups is 1. The molecule has 16 heavy (non-hydrogen) atoms. The molecule has 0 aromatic carbocycles. The van der Waals surface area contributed by atoms with E-state index < -0.39 is 10.0 Å². The first kappa shape index (κ1) is 15.9. The van der Waals surface area contributed by atoms with Crippen molar-refractivity contribution in [2.45, 2.75) is 18.9 Å². The Morgan fingerprint density at radius 3 is 2.56 bits per heavy atom. The lowest BCUT2D eigenvalue weighted by Gasteiger charge is -2.16. The molecule has 1 aliphatic carbocycles. The summed E-state index contributed by atoms with van der Waals surface area (Å²) >= 11 is 0. The summed E-state index contributed by atoms with van der Waals surface area (Å²) in [6, 6.07) is 0.525. The first-order valence-corrected chi connectivity index (χ1v) is 6.76. The highest BCUT2D eigenvalue weighted by Crippen LogP contribution is 2.24. The monoisotopic (exact) mass is 362 g/mol. The van der Waals surface area contributed by atoms with Crippen LogP contribution in [0.4, 0.5) is 0 Å². The van der Waals surface area contributed by atoms with Crippen LogP contribution in [-0.4, -0.2) is 51.7 Å². The molecule has 0 aromatic heterocycles. The summed E-state index contributed by atoms with van der Waals surface area (Å²) < 4.78 is 23.8. The molecule has 0 aromatic rings. The molecule has 0 unspecified atom stereocenters. The van der Waals surface area contributed by atoms with E-state index in [9.17, 15) is 8.42 Å². The van der Waals surface area contributed by atoms with Crippen LogP contribution in [0.3, 0.4) is 0 Å². The van der Waals surface area contributed by atoms with Crippen LogP contribution in [0.15, 0.2) is 4.99 Å². The normalized spacial score (nSPS) is 16.8. The second-order valence-electron chi connectivity index (χ2n) is 3.75. The number of nitrogens with zero attached hydrogens (tertiary/aromatic N) is 2. The van der Waals surface area contributed by atoms with Crippen LogP contribution in [0, 0.1) is 0 Å². The Kier molecular flexibility index (Phi) is 6.56. The fourth-order valence-electron chi connectivity index (χ4n) is 1.16. The maximum Gasteiger partial charge on any atom is 0.208 e. The standard InChI is InChI=1S/C8H18N4O2S.HI/c1-12(7-3-4-7)8(9)10-5-6-11-15(2,13)14;/h7,11H,3-6H2,1-2H3,(H2,9,10);1H. The van der Waals surface area contributed by atoms with Gasteiger partial charge < -0.3 is 10.6 Å². The Balaban J connectivity index is 0.00000225. The van der Waals surface area contributed by atoms with Crippen molar-refractivity contribution < 1.29 is 8.42 Å². The Labute approximate surface area is 114 Å². The van der Waals surface area contributed by atoms with Gasteiger partial charge in [0.25, 0.3) is 0 Å². The molecule has 0 radical (unpaired) electrons. The number of nitrogens with one attached hydrogen (secondary N) is 1. The van der Waals surface area contributed by atoms with Crippen molar-refractivity contribution in [3.05, 3.63) is 0 Å². The first-order valence-electron chi connectivity index (χ1n) is 4.87. The van der Waals surface area contributed by atoms with Crippen molar-refractivity contribution in [2.75, 3.05) is 26.4 Å². The summed E-state index contributed by atoms with van der Waals surface area (Å²) in [7, 11) is -1.22. The fourth-order valence-corrected chi connectivity index (χ4v) is 1.62. The molecule has 0 amide bonds. The summed E-state index contributed by atoms with van der Waals surface area (Å²) in [6.07, 6.45) is 3.44. The molecule has 0 aliphatic heterocycles. The van der Waals surface area contributed by atoms with Gasteiger partial charge in [-0.2, -0.15) is 0 Å². The SMILES string of the molecule is CN(C(N)=NCCNS(C)(=O)=O)C1CC1.I. The van der Waals surface area contributed by atoms with E-state index in [4.69, 9.17) is 5.73 Å². The summed E-state index contributed by atoms with van der Waals surface area (Å²) in [6.45, 7) is 0.661. The Hall–Kier alpha value is -0.0900. The van der Waals surface area contributed by atoms with Gasteiger partial charge in [-0.1, -0.05) is 0 Å². The largest absolute Gasteiger partial charge is 0.370 e. The lowest BCUT2D eigenvalue weighted by molar-refractivity contribution is 0.487. The highest BCUT2D eigenvalue weighted by molar-refractivity contribution is 14.0. The van der Waals surface area contributed by atoms with Crippen molar-refractivity contribution in [1.82, 2.24) is 9.62 Å². The average molecular weight is 362 g/mol. The summed E-state index contributed by atoms with van der Waals surface area (Å²) in [4.78, 5) is 6.01. The zero-order valence-electron chi connectivity index (χ0n) is 9.51. The molecule has 1 fully saturated rings. The zero-order chi connectivity index (χ0) is 11.5. The van der Waals surface area contributed by atoms with Gasteiger partial charge >= 0.3 is 0 Å². The summed E-state index contributed by atoms with van der Waals surface area (Å²) in [5, 5.41) is 0. The third-order valence-corrected chi connectivity index (χ3v) is 2.93. The van der Waals surface area contributed by atoms with E-state index in [0.717, 1.165) is 19.1 Å². The lowest BCUT2D eigenvalue weighted by Crippen LogP contribution is -2.36. The topological polar surface area (TPSA) is 87.8 Å². The Morgan fingerprint density at radius 2 is 2.12 bits per heavy atom. The van der Waals surface area contributed by atoms with E-state index in [0.29, 0.717) is 18.5 Å². The lowest BCUT2D eigenvalue weighted by atomic mass is 10.6. The Morgan fingerprint density at radius 1 is 1.56 bits per heavy atom. The minimum absolute atomic E-state index is 0. The second-order valence-corrected chi connectivity index (χ2v) is 5.58. The van der Waals surface area contributed by atoms with Crippen LogP contribution in [0.1, 0.15) is 12.8 Å². The molecule has 0 saturated heterocycles. The minimum Gasteiger partial charge on any atom is -0.370 e. The maximum atomic E-state index is 10.7. The number of halogens is 1. The van der Waals surface area contributed by atoms with E-state index in [2.05, 4.69) is 9.71 Å². The zero-order valence-corrected chi connectivity index (χ0v) is 12.7. The quantitative estimate of drug-likeness (QED) is 0.301. The first-order chi connectivity index (χ1) is 6.90. The number of rotatable bonds is 5. The van der Waals surface area contributed by atoms with Crippen LogP contribution < -0.4 is 10.5 Å². The van der Waals surface area contributed by atoms with E-state index in [1.165, 1.54) is 0 Å². The predicted molar refractivity (Wildman–Crippen MR) is 75.5 cm³/mol. The number of hydrogen-bond acceptors (Lipinski definition) is 3. The Bertz CT molecular complexity index is 340. The molecule has 1 saturated carbocycles. The molecule has 96 valence electrons. The van der Waals surface area contributed by atoms with Gasteiger partial charge in [0.1, 0.15) is 0 Å². The maximum absolute atomic E-state index is 10.7. The third-order valence-electron chi connectivity index (χ3n) is 2.21. The van der Waals surface area contributed by atoms with Crippen LogP contribution in [-0.2, 0) is 10.0 Å². The van der Waals surface area contributed by atoms with E-state index >= 15 is 0 Å². The second kappa shape index (κ2) is 6.60. The van der Waals surface area contributed by atoms with Gasteiger partial charge in [-0.3, -0.25) is 4.99 Å². The van der Waals surface area contributed by atoms with Crippen LogP contribution in [0.25, 0.3) is 0 Å². The van der Waals surface area contributed by atoms with Crippen molar-refractivity contribution in [2.24, 2.45) is 10.7 Å². The molecule has 8 heteroatoms. The van der Waals surface area contributed by atoms with Crippen molar-refractivity contribution in [1.29, 1.82) is 0 Å². The van der Waals surface area contributed by atoms with E-state index in [1.807, 2.05) is 11.9 Å². The summed E-state index contributed by atoms with van der Waals surface area (Å²) in [5.74, 6) is 0.479. The van der Waals surface area contributed by atoms with Gasteiger partial charge in [-0.05, 0) is 12.8 Å². The van der Waals surface area contributed by atoms with Gasteiger partial charge in [0.05, 0.1) is 12.8 Å². The van der Waals surface area contributed by atoms with Gasteiger partial charge in [0, 0.05) is 19.6 Å². The van der Waals surface area contributed by atoms with Gasteiger partial charge in [0.15, 0.2) is 5.96 Å². The van der Waals surface area contributed by atoms with Crippen LogP contribution >= 0.6 is 24.0 Å². The van der Waals surface area contributed by atoms with Crippen LogP contribution in [0.5, 0.6) is 0 Å². The van der Waals surface area contributed by atoms with Gasteiger partial charge in [-0.15, -0.1) is 24.0 Å². The van der Waals surface area contributed by atoms with Crippen molar-refractivity contribution in [3.63, 3.8) is 0 Å². The number of hydrogen-bond donors (Lipinski definition) is 2. The highest BCUT2D eigenvalue weighted by atomic mass is 127. The van der Waals surface area contributed by atoms with Crippen molar-refractivity contribution in [3.8, 4) is 0 Å². The molecular weight excluding hydrogens is 343 g/mol. The minimum atomic E-state index is -3.12. The molecule has 6 nitrogen and oxygen atoms in total. The molecule has 1 rings (SSSR count). The number of sulfonamides is 1. The van der Waals surface area contributed by atoms with Crippen LogP contribution in [0.2, 0.25) is 0 Å². The fraction of sp³-hybridized carbons (Fsp3) is 0.875. The van der Waals surface area contributed by atoms with Gasteiger partial charge in [0.2, 0.25) is 10.0 Å². The molecule has 0 heterocycles. The molecule has 1 aliphatic rings. The predicted octanol–water partition coefficient (Wildman–Crippen LogP) is -0.437.